The van der Waals surface area contributed by atoms with Crippen molar-refractivity contribution in [2.24, 2.45) is 0 Å². The van der Waals surface area contributed by atoms with Crippen molar-refractivity contribution in [3.8, 4) is 71.0 Å². The van der Waals surface area contributed by atoms with Crippen molar-refractivity contribution in [2.45, 2.75) is 13.8 Å². The van der Waals surface area contributed by atoms with E-state index in [0.29, 0.717) is 0 Å². The Bertz CT molecular complexity index is 910. The van der Waals surface area contributed by atoms with Crippen LogP contribution in [0.15, 0.2) is 12.5 Å². The van der Waals surface area contributed by atoms with Gasteiger partial charge in [0.1, 0.15) is 6.33 Å². The van der Waals surface area contributed by atoms with E-state index in [1.54, 1.807) is 20.0 Å². The first-order valence-corrected chi connectivity index (χ1v) is 5.71. The van der Waals surface area contributed by atoms with Gasteiger partial charge in [0, 0.05) is 12.1 Å². The van der Waals surface area contributed by atoms with Crippen molar-refractivity contribution < 1.29 is 4.79 Å². The molecule has 96 valence electrons. The monoisotopic (exact) mass is 268 g/mol. The van der Waals surface area contributed by atoms with Gasteiger partial charge in [0.15, 0.2) is 0 Å². The number of rotatable bonds is 0. The van der Waals surface area contributed by atoms with Gasteiger partial charge in [0.05, 0.1) is 5.69 Å². The SMILES string of the molecule is CC#CC#CC#CC#CC#CC#CC(=O)n1cnc(C)c1. The summed E-state index contributed by atoms with van der Waals surface area (Å²) >= 11 is 0. The molecular formula is C18H8N2O. The summed E-state index contributed by atoms with van der Waals surface area (Å²) in [6.45, 7) is 3.48. The summed E-state index contributed by atoms with van der Waals surface area (Å²) in [6.07, 6.45) is 2.99. The molecule has 3 heteroatoms. The van der Waals surface area contributed by atoms with E-state index in [9.17, 15) is 4.79 Å². The summed E-state index contributed by atoms with van der Waals surface area (Å²) in [4.78, 5) is 15.4. The number of hydrogen-bond acceptors (Lipinski definition) is 2. The Kier molecular flexibility index (Phi) is 6.71. The highest BCUT2D eigenvalue weighted by Crippen LogP contribution is 1.91. The molecule has 0 N–H and O–H groups in total. The lowest BCUT2D eigenvalue weighted by atomic mass is 10.4. The molecule has 0 aromatic carbocycles. The van der Waals surface area contributed by atoms with Gasteiger partial charge >= 0.3 is 5.91 Å². The normalized spacial score (nSPS) is 6.38. The number of carbonyl (C=O) groups is 1. The topological polar surface area (TPSA) is 34.9 Å². The van der Waals surface area contributed by atoms with E-state index in [1.165, 1.54) is 10.9 Å². The van der Waals surface area contributed by atoms with Crippen LogP contribution in [0, 0.1) is 78.0 Å². The highest BCUT2D eigenvalue weighted by molar-refractivity contribution is 5.95. The summed E-state index contributed by atoms with van der Waals surface area (Å²) in [7, 11) is 0. The molecule has 1 aromatic heterocycles. The molecule has 0 saturated heterocycles. The lowest BCUT2D eigenvalue weighted by Crippen LogP contribution is -2.04. The predicted octanol–water partition coefficient (Wildman–Crippen LogP) is 0.872. The van der Waals surface area contributed by atoms with Crippen LogP contribution in [0.1, 0.15) is 17.4 Å². The average Bonchev–Trinajstić information content (AvgIpc) is 2.91. The Morgan fingerprint density at radius 1 is 0.952 bits per heavy atom. The van der Waals surface area contributed by atoms with Crippen LogP contribution in [0.2, 0.25) is 0 Å². The van der Waals surface area contributed by atoms with E-state index in [-0.39, 0.29) is 0 Å². The molecule has 21 heavy (non-hydrogen) atoms. The van der Waals surface area contributed by atoms with Gasteiger partial charge in [-0.15, -0.1) is 0 Å². The van der Waals surface area contributed by atoms with Crippen molar-refractivity contribution in [3.63, 3.8) is 0 Å². The number of aryl methyl sites for hydroxylation is 1. The number of aromatic nitrogens is 2. The van der Waals surface area contributed by atoms with E-state index in [0.717, 1.165) is 5.69 Å². The second kappa shape index (κ2) is 9.21. The third-order valence-electron chi connectivity index (χ3n) is 1.80. The van der Waals surface area contributed by atoms with Crippen molar-refractivity contribution in [2.75, 3.05) is 0 Å². The van der Waals surface area contributed by atoms with Gasteiger partial charge in [-0.25, -0.2) is 4.98 Å². The van der Waals surface area contributed by atoms with Crippen LogP contribution < -0.4 is 0 Å². The van der Waals surface area contributed by atoms with Crippen LogP contribution in [-0.2, 0) is 0 Å². The van der Waals surface area contributed by atoms with Crippen LogP contribution >= 0.6 is 0 Å². The zero-order valence-corrected chi connectivity index (χ0v) is 11.5. The molecule has 0 radical (unpaired) electrons. The lowest BCUT2D eigenvalue weighted by molar-refractivity contribution is 0.0979. The Balaban J connectivity index is 2.55. The highest BCUT2D eigenvalue weighted by Gasteiger charge is 1.99. The highest BCUT2D eigenvalue weighted by atomic mass is 16.1. The third kappa shape index (κ3) is 6.66. The van der Waals surface area contributed by atoms with Gasteiger partial charge < -0.3 is 0 Å². The van der Waals surface area contributed by atoms with Crippen LogP contribution in [0.25, 0.3) is 0 Å². The first kappa shape index (κ1) is 15.3. The predicted molar refractivity (Wildman–Crippen MR) is 79.9 cm³/mol. The fraction of sp³-hybridized carbons (Fsp3) is 0.111. The van der Waals surface area contributed by atoms with Crippen molar-refractivity contribution >= 4 is 5.91 Å². The minimum atomic E-state index is -0.398. The number of nitrogens with zero attached hydrogens (tertiary/aromatic N) is 2. The van der Waals surface area contributed by atoms with E-state index < -0.39 is 5.91 Å². The second-order valence-electron chi connectivity index (χ2n) is 3.35. The molecule has 1 aromatic rings. The maximum absolute atomic E-state index is 11.5. The van der Waals surface area contributed by atoms with Crippen molar-refractivity contribution in [1.82, 2.24) is 9.55 Å². The summed E-state index contributed by atoms with van der Waals surface area (Å²) in [5, 5.41) is 0. The fourth-order valence-electron chi connectivity index (χ4n) is 0.994. The molecule has 1 heterocycles. The van der Waals surface area contributed by atoms with E-state index in [2.05, 4.69) is 76.0 Å². The summed E-state index contributed by atoms with van der Waals surface area (Å²) in [5.41, 5.74) is 0.744. The zero-order chi connectivity index (χ0) is 15.3. The molecular weight excluding hydrogens is 260 g/mol. The minimum Gasteiger partial charge on any atom is -0.265 e. The third-order valence-corrected chi connectivity index (χ3v) is 1.80. The van der Waals surface area contributed by atoms with Crippen molar-refractivity contribution in [1.29, 1.82) is 0 Å². The largest absolute Gasteiger partial charge is 0.308 e. The van der Waals surface area contributed by atoms with Gasteiger partial charge in [-0.3, -0.25) is 9.36 Å². The van der Waals surface area contributed by atoms with Crippen LogP contribution in [0.4, 0.5) is 0 Å². The Morgan fingerprint density at radius 2 is 1.48 bits per heavy atom. The van der Waals surface area contributed by atoms with Gasteiger partial charge in [-0.2, -0.15) is 0 Å². The molecule has 1 rings (SSSR count). The Hall–Kier alpha value is -3.76. The molecule has 0 fully saturated rings. The maximum atomic E-state index is 11.5. The average molecular weight is 268 g/mol. The Morgan fingerprint density at radius 3 is 1.95 bits per heavy atom. The molecule has 0 amide bonds. The molecule has 0 aliphatic carbocycles. The molecule has 0 saturated carbocycles. The van der Waals surface area contributed by atoms with Gasteiger partial charge in [-0.1, -0.05) is 5.92 Å². The smallest absolute Gasteiger partial charge is 0.265 e. The maximum Gasteiger partial charge on any atom is 0.308 e. The lowest BCUT2D eigenvalue weighted by Gasteiger charge is -1.87. The minimum absolute atomic E-state index is 0.398. The molecule has 3 nitrogen and oxygen atoms in total. The van der Waals surface area contributed by atoms with Crippen LogP contribution in [0.5, 0.6) is 0 Å². The van der Waals surface area contributed by atoms with E-state index in [4.69, 9.17) is 0 Å². The number of carbonyl (C=O) groups excluding carboxylic acids is 1. The Labute approximate surface area is 124 Å². The number of hydrogen-bond donors (Lipinski definition) is 0. The second-order valence-corrected chi connectivity index (χ2v) is 3.35. The summed E-state index contributed by atoms with van der Waals surface area (Å²) in [6, 6.07) is 0. The van der Waals surface area contributed by atoms with Crippen LogP contribution in [-0.4, -0.2) is 15.5 Å². The number of imidazole rings is 1. The van der Waals surface area contributed by atoms with E-state index in [1.807, 2.05) is 0 Å². The molecule has 0 bridgehead atoms. The van der Waals surface area contributed by atoms with Crippen molar-refractivity contribution in [3.05, 3.63) is 18.2 Å². The summed E-state index contributed by atoms with van der Waals surface area (Å²) in [5.74, 6) is 29.4. The first-order valence-electron chi connectivity index (χ1n) is 5.71. The molecule has 0 atom stereocenters. The quantitative estimate of drug-likeness (QED) is 0.654. The standard InChI is InChI=1S/C18H8N2O/c1-3-4-5-6-7-8-9-10-11-12-13-14-18(21)20-15-17(2)19-16-20/h15-16H,1-2H3. The molecule has 0 spiro atoms. The van der Waals surface area contributed by atoms with Gasteiger partial charge in [-0.05, 0) is 73.1 Å². The van der Waals surface area contributed by atoms with Gasteiger partial charge in [0.2, 0.25) is 0 Å². The molecule has 0 aliphatic heterocycles. The fourth-order valence-corrected chi connectivity index (χ4v) is 0.994. The van der Waals surface area contributed by atoms with Gasteiger partial charge in [0.25, 0.3) is 0 Å². The summed E-state index contributed by atoms with van der Waals surface area (Å²) < 4.78 is 1.29. The molecule has 0 unspecified atom stereocenters. The zero-order valence-electron chi connectivity index (χ0n) is 11.5. The first-order chi connectivity index (χ1) is 10.2. The van der Waals surface area contributed by atoms with E-state index >= 15 is 0 Å². The molecule has 0 aliphatic rings. The van der Waals surface area contributed by atoms with Crippen LogP contribution in [0.3, 0.4) is 0 Å².